The molecule has 0 aromatic heterocycles. The first-order chi connectivity index (χ1) is 10.1. The van der Waals surface area contributed by atoms with E-state index in [4.69, 9.17) is 10.5 Å². The zero-order valence-electron chi connectivity index (χ0n) is 12.3. The van der Waals surface area contributed by atoms with Crippen LogP contribution in [0.5, 0.6) is 0 Å². The monoisotopic (exact) mass is 295 g/mol. The third kappa shape index (κ3) is 4.41. The van der Waals surface area contributed by atoms with Crippen molar-refractivity contribution in [2.75, 3.05) is 37.4 Å². The van der Waals surface area contributed by atoms with Gasteiger partial charge in [0.15, 0.2) is 0 Å². The second kappa shape index (κ2) is 7.38. The maximum atomic E-state index is 13.1. The Morgan fingerprint density at radius 2 is 2.38 bits per heavy atom. The summed E-state index contributed by atoms with van der Waals surface area (Å²) in [5, 5.41) is 2.74. The molecule has 0 spiro atoms. The average Bonchev–Trinajstić information content (AvgIpc) is 2.49. The molecule has 1 heterocycles. The first-order valence-corrected chi connectivity index (χ1v) is 7.26. The molecule has 1 saturated heterocycles. The summed E-state index contributed by atoms with van der Waals surface area (Å²) in [7, 11) is 0. The van der Waals surface area contributed by atoms with Gasteiger partial charge in [-0.3, -0.25) is 9.69 Å². The molecule has 1 atom stereocenters. The summed E-state index contributed by atoms with van der Waals surface area (Å²) < 4.78 is 18.5. The molecule has 1 aliphatic rings. The van der Waals surface area contributed by atoms with E-state index in [0.717, 1.165) is 19.6 Å². The van der Waals surface area contributed by atoms with Gasteiger partial charge in [-0.15, -0.1) is 0 Å². The number of anilines is 2. The molecule has 1 aromatic rings. The molecule has 1 aromatic carbocycles. The Balaban J connectivity index is 1.82. The van der Waals surface area contributed by atoms with Crippen LogP contribution in [0.1, 0.15) is 19.8 Å². The van der Waals surface area contributed by atoms with E-state index in [2.05, 4.69) is 17.1 Å². The summed E-state index contributed by atoms with van der Waals surface area (Å²) in [6, 6.07) is 4.57. The molecular formula is C15H22FN3O2. The van der Waals surface area contributed by atoms with Crippen molar-refractivity contribution in [1.82, 2.24) is 4.90 Å². The zero-order chi connectivity index (χ0) is 15.2. The minimum atomic E-state index is -0.480. The molecule has 1 fully saturated rings. The topological polar surface area (TPSA) is 67.6 Å². The number of nitrogens with zero attached hydrogens (tertiary/aromatic N) is 1. The Labute approximate surface area is 124 Å². The van der Waals surface area contributed by atoms with Crippen LogP contribution in [0, 0.1) is 5.82 Å². The second-order valence-electron chi connectivity index (χ2n) is 5.21. The predicted octanol–water partition coefficient (Wildman–Crippen LogP) is 1.85. The SMILES string of the molecule is CCC1COCCN1CCC(=O)Nc1ccc(F)c(N)c1. The lowest BCUT2D eigenvalue weighted by Gasteiger charge is -2.34. The predicted molar refractivity (Wildman–Crippen MR) is 80.5 cm³/mol. The molecule has 0 aliphatic carbocycles. The molecule has 21 heavy (non-hydrogen) atoms. The first-order valence-electron chi connectivity index (χ1n) is 7.26. The average molecular weight is 295 g/mol. The molecule has 2 rings (SSSR count). The van der Waals surface area contributed by atoms with Crippen LogP contribution in [-0.4, -0.2) is 43.2 Å². The summed E-state index contributed by atoms with van der Waals surface area (Å²) in [5.74, 6) is -0.575. The lowest BCUT2D eigenvalue weighted by atomic mass is 10.1. The number of nitrogens with one attached hydrogen (secondary N) is 1. The lowest BCUT2D eigenvalue weighted by molar-refractivity contribution is -0.117. The number of carbonyl (C=O) groups excluding carboxylic acids is 1. The lowest BCUT2D eigenvalue weighted by Crippen LogP contribution is -2.46. The van der Waals surface area contributed by atoms with Gasteiger partial charge in [0.1, 0.15) is 5.82 Å². The molecule has 116 valence electrons. The van der Waals surface area contributed by atoms with Crippen molar-refractivity contribution in [2.45, 2.75) is 25.8 Å². The van der Waals surface area contributed by atoms with Gasteiger partial charge in [-0.25, -0.2) is 4.39 Å². The van der Waals surface area contributed by atoms with Crippen molar-refractivity contribution < 1.29 is 13.9 Å². The van der Waals surface area contributed by atoms with E-state index in [9.17, 15) is 9.18 Å². The number of hydrogen-bond acceptors (Lipinski definition) is 4. The highest BCUT2D eigenvalue weighted by Crippen LogP contribution is 2.17. The molecule has 0 radical (unpaired) electrons. The Bertz CT molecular complexity index is 496. The number of halogens is 1. The number of hydrogen-bond donors (Lipinski definition) is 2. The number of ether oxygens (including phenoxy) is 1. The molecule has 0 saturated carbocycles. The normalized spacial score (nSPS) is 19.4. The highest BCUT2D eigenvalue weighted by molar-refractivity contribution is 5.91. The molecule has 1 unspecified atom stereocenters. The Hall–Kier alpha value is -1.66. The summed E-state index contributed by atoms with van der Waals surface area (Å²) in [5.41, 5.74) is 6.03. The fourth-order valence-electron chi connectivity index (χ4n) is 2.45. The van der Waals surface area contributed by atoms with E-state index in [-0.39, 0.29) is 11.6 Å². The number of carbonyl (C=O) groups is 1. The van der Waals surface area contributed by atoms with Crippen molar-refractivity contribution >= 4 is 17.3 Å². The maximum absolute atomic E-state index is 13.1. The van der Waals surface area contributed by atoms with Crippen LogP contribution in [0.3, 0.4) is 0 Å². The van der Waals surface area contributed by atoms with Crippen molar-refractivity contribution in [3.8, 4) is 0 Å². The second-order valence-corrected chi connectivity index (χ2v) is 5.21. The van der Waals surface area contributed by atoms with Crippen LogP contribution in [0.4, 0.5) is 15.8 Å². The number of morpholine rings is 1. The summed E-state index contributed by atoms with van der Waals surface area (Å²) >= 11 is 0. The fourth-order valence-corrected chi connectivity index (χ4v) is 2.45. The van der Waals surface area contributed by atoms with Crippen LogP contribution in [0.2, 0.25) is 0 Å². The van der Waals surface area contributed by atoms with E-state index in [1.165, 1.54) is 18.2 Å². The van der Waals surface area contributed by atoms with Gasteiger partial charge in [-0.2, -0.15) is 0 Å². The highest BCUT2D eigenvalue weighted by atomic mass is 19.1. The largest absolute Gasteiger partial charge is 0.396 e. The van der Waals surface area contributed by atoms with Crippen LogP contribution >= 0.6 is 0 Å². The molecular weight excluding hydrogens is 273 g/mol. The van der Waals surface area contributed by atoms with E-state index in [1.807, 2.05) is 0 Å². The molecule has 0 bridgehead atoms. The highest BCUT2D eigenvalue weighted by Gasteiger charge is 2.21. The Morgan fingerprint density at radius 1 is 1.57 bits per heavy atom. The fraction of sp³-hybridized carbons (Fsp3) is 0.533. The van der Waals surface area contributed by atoms with Gasteiger partial charge in [-0.1, -0.05) is 6.92 Å². The van der Waals surface area contributed by atoms with Gasteiger partial charge in [0.2, 0.25) is 5.91 Å². The molecule has 1 aliphatic heterocycles. The van der Waals surface area contributed by atoms with Gasteiger partial charge >= 0.3 is 0 Å². The number of benzene rings is 1. The first kappa shape index (κ1) is 15.7. The smallest absolute Gasteiger partial charge is 0.225 e. The minimum Gasteiger partial charge on any atom is -0.396 e. The minimum absolute atomic E-state index is 0.0343. The third-order valence-electron chi connectivity index (χ3n) is 3.73. The van der Waals surface area contributed by atoms with E-state index in [0.29, 0.717) is 31.3 Å². The standard InChI is InChI=1S/C15H22FN3O2/c1-2-12-10-21-8-7-19(12)6-5-15(20)18-11-3-4-13(16)14(17)9-11/h3-4,9,12H,2,5-8,10,17H2,1H3,(H,18,20). The van der Waals surface area contributed by atoms with Crippen LogP contribution in [-0.2, 0) is 9.53 Å². The van der Waals surface area contributed by atoms with Crippen LogP contribution < -0.4 is 11.1 Å². The quantitative estimate of drug-likeness (QED) is 0.814. The van der Waals surface area contributed by atoms with Gasteiger partial charge in [0, 0.05) is 31.2 Å². The van der Waals surface area contributed by atoms with E-state index in [1.54, 1.807) is 0 Å². The van der Waals surface area contributed by atoms with E-state index < -0.39 is 5.82 Å². The van der Waals surface area contributed by atoms with Crippen LogP contribution in [0.25, 0.3) is 0 Å². The third-order valence-corrected chi connectivity index (χ3v) is 3.73. The molecule has 5 nitrogen and oxygen atoms in total. The molecule has 1 amide bonds. The molecule has 3 N–H and O–H groups in total. The van der Waals surface area contributed by atoms with Gasteiger partial charge < -0.3 is 15.8 Å². The Kier molecular flexibility index (Phi) is 5.52. The molecule has 6 heteroatoms. The number of rotatable bonds is 5. The van der Waals surface area contributed by atoms with Crippen molar-refractivity contribution in [3.63, 3.8) is 0 Å². The van der Waals surface area contributed by atoms with Crippen LogP contribution in [0.15, 0.2) is 18.2 Å². The van der Waals surface area contributed by atoms with Crippen molar-refractivity contribution in [2.24, 2.45) is 0 Å². The summed E-state index contributed by atoms with van der Waals surface area (Å²) in [4.78, 5) is 14.2. The summed E-state index contributed by atoms with van der Waals surface area (Å²) in [6.45, 7) is 5.12. The number of amides is 1. The Morgan fingerprint density at radius 3 is 3.10 bits per heavy atom. The van der Waals surface area contributed by atoms with Gasteiger partial charge in [0.25, 0.3) is 0 Å². The summed E-state index contributed by atoms with van der Waals surface area (Å²) in [6.07, 6.45) is 1.41. The van der Waals surface area contributed by atoms with Gasteiger partial charge in [-0.05, 0) is 24.6 Å². The van der Waals surface area contributed by atoms with Crippen molar-refractivity contribution in [3.05, 3.63) is 24.0 Å². The number of nitrogens with two attached hydrogens (primary N) is 1. The number of nitrogen functional groups attached to an aromatic ring is 1. The van der Waals surface area contributed by atoms with Crippen molar-refractivity contribution in [1.29, 1.82) is 0 Å². The van der Waals surface area contributed by atoms with Gasteiger partial charge in [0.05, 0.1) is 18.9 Å². The maximum Gasteiger partial charge on any atom is 0.225 e. The zero-order valence-corrected chi connectivity index (χ0v) is 12.3. The van der Waals surface area contributed by atoms with E-state index >= 15 is 0 Å².